The molecule has 0 unspecified atom stereocenters. The van der Waals surface area contributed by atoms with Gasteiger partial charge in [0.15, 0.2) is 0 Å². The first-order valence-corrected chi connectivity index (χ1v) is 9.98. The largest absolute Gasteiger partial charge is 0.481 e. The van der Waals surface area contributed by atoms with Crippen LogP contribution in [-0.4, -0.2) is 56.9 Å². The van der Waals surface area contributed by atoms with Crippen LogP contribution in [0.25, 0.3) is 0 Å². The van der Waals surface area contributed by atoms with E-state index >= 15 is 0 Å². The van der Waals surface area contributed by atoms with Crippen LogP contribution in [0.3, 0.4) is 0 Å². The third kappa shape index (κ3) is 10.6. The van der Waals surface area contributed by atoms with E-state index in [2.05, 4.69) is 19.1 Å². The predicted octanol–water partition coefficient (Wildman–Crippen LogP) is 2.90. The van der Waals surface area contributed by atoms with E-state index in [4.69, 9.17) is 9.84 Å². The average Bonchev–Trinajstić information content (AvgIpc) is 3.03. The van der Waals surface area contributed by atoms with Gasteiger partial charge < -0.3 is 25.2 Å². The zero-order valence-electron chi connectivity index (χ0n) is 16.6. The lowest BCUT2D eigenvalue weighted by Crippen LogP contribution is -2.25. The van der Waals surface area contributed by atoms with Gasteiger partial charge in [-0.3, -0.25) is 4.79 Å². The van der Waals surface area contributed by atoms with Crippen molar-refractivity contribution in [2.75, 3.05) is 0 Å². The Morgan fingerprint density at radius 1 is 1.11 bits per heavy atom. The molecule has 28 heavy (non-hydrogen) atoms. The molecular formula is C22H34O6. The Morgan fingerprint density at radius 3 is 2.54 bits per heavy atom. The Balaban J connectivity index is 2.34. The van der Waals surface area contributed by atoms with Gasteiger partial charge in [-0.05, 0) is 32.1 Å². The maximum Gasteiger partial charge on any atom is 0.303 e. The molecule has 0 aromatic carbocycles. The molecule has 0 aromatic heterocycles. The normalized spacial score (nSPS) is 25.5. The number of hydrogen-bond acceptors (Lipinski definition) is 5. The minimum absolute atomic E-state index is 0.0606. The summed E-state index contributed by atoms with van der Waals surface area (Å²) in [7, 11) is 0. The van der Waals surface area contributed by atoms with Crippen molar-refractivity contribution in [1.29, 1.82) is 0 Å². The first-order chi connectivity index (χ1) is 13.4. The van der Waals surface area contributed by atoms with E-state index in [1.807, 2.05) is 12.2 Å². The van der Waals surface area contributed by atoms with Crippen molar-refractivity contribution in [3.8, 4) is 0 Å². The SMILES string of the molecule is CC/C=C\C/C=C\C[C@H](O)/C=C/[C@H]1O[C@H]([C@H](O)C/C=C\CCC(=O)O)C[C@@H]1O. The van der Waals surface area contributed by atoms with Gasteiger partial charge in [0.1, 0.15) is 6.10 Å². The number of rotatable bonds is 13. The Bertz CT molecular complexity index is 551. The Morgan fingerprint density at radius 2 is 1.82 bits per heavy atom. The van der Waals surface area contributed by atoms with Crippen LogP contribution in [0.4, 0.5) is 0 Å². The molecular weight excluding hydrogens is 360 g/mol. The maximum atomic E-state index is 10.4. The molecule has 0 spiro atoms. The Kier molecular flexibility index (Phi) is 12.4. The number of allylic oxidation sites excluding steroid dienone is 4. The van der Waals surface area contributed by atoms with Gasteiger partial charge in [-0.25, -0.2) is 0 Å². The zero-order chi connectivity index (χ0) is 20.8. The smallest absolute Gasteiger partial charge is 0.303 e. The van der Waals surface area contributed by atoms with Crippen molar-refractivity contribution < 1.29 is 30.0 Å². The topological polar surface area (TPSA) is 107 Å². The molecule has 1 rings (SSSR count). The van der Waals surface area contributed by atoms with E-state index in [-0.39, 0.29) is 6.42 Å². The van der Waals surface area contributed by atoms with Crippen molar-refractivity contribution in [1.82, 2.24) is 0 Å². The number of aliphatic hydroxyl groups is 3. The van der Waals surface area contributed by atoms with E-state index in [0.717, 1.165) is 12.8 Å². The summed E-state index contributed by atoms with van der Waals surface area (Å²) in [5.74, 6) is -0.854. The highest BCUT2D eigenvalue weighted by Gasteiger charge is 2.35. The summed E-state index contributed by atoms with van der Waals surface area (Å²) in [5, 5.41) is 38.9. The third-order valence-electron chi connectivity index (χ3n) is 4.42. The van der Waals surface area contributed by atoms with Gasteiger partial charge in [0.2, 0.25) is 0 Å². The maximum absolute atomic E-state index is 10.4. The molecule has 1 saturated heterocycles. The Labute approximate surface area is 167 Å². The fourth-order valence-electron chi connectivity index (χ4n) is 2.84. The number of hydrogen-bond donors (Lipinski definition) is 4. The summed E-state index contributed by atoms with van der Waals surface area (Å²) in [6.45, 7) is 2.08. The number of carbonyl (C=O) groups is 1. The van der Waals surface area contributed by atoms with Gasteiger partial charge in [0, 0.05) is 12.8 Å². The molecule has 0 bridgehead atoms. The number of aliphatic carboxylic acids is 1. The first-order valence-electron chi connectivity index (χ1n) is 9.98. The first kappa shape index (κ1) is 24.3. The van der Waals surface area contributed by atoms with Crippen LogP contribution in [0.1, 0.15) is 51.9 Å². The Hall–Kier alpha value is -1.73. The van der Waals surface area contributed by atoms with Crippen LogP contribution < -0.4 is 0 Å². The predicted molar refractivity (Wildman–Crippen MR) is 109 cm³/mol. The summed E-state index contributed by atoms with van der Waals surface area (Å²) in [4.78, 5) is 10.4. The lowest BCUT2D eigenvalue weighted by Gasteiger charge is -2.16. The molecule has 0 radical (unpaired) electrons. The van der Waals surface area contributed by atoms with Gasteiger partial charge in [-0.15, -0.1) is 0 Å². The number of carboxylic acids is 1. The van der Waals surface area contributed by atoms with E-state index in [1.165, 1.54) is 0 Å². The lowest BCUT2D eigenvalue weighted by atomic mass is 10.0. The summed E-state index contributed by atoms with van der Waals surface area (Å²) in [6, 6.07) is 0. The van der Waals surface area contributed by atoms with Crippen molar-refractivity contribution in [2.45, 2.75) is 82.4 Å². The molecule has 4 N–H and O–H groups in total. The monoisotopic (exact) mass is 394 g/mol. The minimum atomic E-state index is -0.854. The second-order valence-corrected chi connectivity index (χ2v) is 6.92. The summed E-state index contributed by atoms with van der Waals surface area (Å²) in [6.07, 6.45) is 15.1. The molecule has 0 saturated carbocycles. The summed E-state index contributed by atoms with van der Waals surface area (Å²) in [5.41, 5.74) is 0. The number of carboxylic acid groups (broad SMARTS) is 1. The van der Waals surface area contributed by atoms with E-state index in [9.17, 15) is 20.1 Å². The minimum Gasteiger partial charge on any atom is -0.481 e. The molecule has 0 aromatic rings. The third-order valence-corrected chi connectivity index (χ3v) is 4.42. The van der Waals surface area contributed by atoms with Crippen LogP contribution in [0.15, 0.2) is 48.6 Å². The fourth-order valence-corrected chi connectivity index (χ4v) is 2.84. The molecule has 158 valence electrons. The summed E-state index contributed by atoms with van der Waals surface area (Å²) < 4.78 is 5.70. The van der Waals surface area contributed by atoms with Crippen LogP contribution in [0, 0.1) is 0 Å². The molecule has 1 fully saturated rings. The lowest BCUT2D eigenvalue weighted by molar-refractivity contribution is -0.136. The second kappa shape index (κ2) is 14.3. The van der Waals surface area contributed by atoms with E-state index in [0.29, 0.717) is 25.7 Å². The highest BCUT2D eigenvalue weighted by Crippen LogP contribution is 2.25. The zero-order valence-corrected chi connectivity index (χ0v) is 16.6. The number of ether oxygens (including phenoxy) is 1. The van der Waals surface area contributed by atoms with Crippen molar-refractivity contribution in [3.05, 3.63) is 48.6 Å². The highest BCUT2D eigenvalue weighted by molar-refractivity contribution is 5.66. The molecule has 1 aliphatic heterocycles. The van der Waals surface area contributed by atoms with Gasteiger partial charge in [-0.2, -0.15) is 0 Å². The molecule has 1 aliphatic rings. The quantitative estimate of drug-likeness (QED) is 0.358. The molecule has 1 heterocycles. The van der Waals surface area contributed by atoms with Crippen LogP contribution in [-0.2, 0) is 9.53 Å². The van der Waals surface area contributed by atoms with Crippen molar-refractivity contribution in [2.24, 2.45) is 0 Å². The fraction of sp³-hybridized carbons (Fsp3) is 0.591. The number of aliphatic hydroxyl groups excluding tert-OH is 3. The molecule has 5 atom stereocenters. The second-order valence-electron chi connectivity index (χ2n) is 6.92. The van der Waals surface area contributed by atoms with Crippen LogP contribution >= 0.6 is 0 Å². The van der Waals surface area contributed by atoms with Crippen LogP contribution in [0.2, 0.25) is 0 Å². The van der Waals surface area contributed by atoms with E-state index < -0.39 is 36.5 Å². The molecule has 0 amide bonds. The van der Waals surface area contributed by atoms with Crippen molar-refractivity contribution in [3.63, 3.8) is 0 Å². The summed E-state index contributed by atoms with van der Waals surface area (Å²) >= 11 is 0. The van der Waals surface area contributed by atoms with Gasteiger partial charge in [0.05, 0.1) is 24.4 Å². The molecule has 6 nitrogen and oxygen atoms in total. The van der Waals surface area contributed by atoms with Crippen LogP contribution in [0.5, 0.6) is 0 Å². The van der Waals surface area contributed by atoms with Gasteiger partial charge >= 0.3 is 5.97 Å². The van der Waals surface area contributed by atoms with E-state index in [1.54, 1.807) is 24.3 Å². The molecule has 6 heteroatoms. The average molecular weight is 395 g/mol. The highest BCUT2D eigenvalue weighted by atomic mass is 16.5. The van der Waals surface area contributed by atoms with Gasteiger partial charge in [-0.1, -0.05) is 55.5 Å². The standard InChI is InChI=1S/C22H34O6/c1-2-3-4-5-6-8-11-17(23)14-15-20-19(25)16-21(28-20)18(24)12-9-7-10-13-22(26)27/h3-4,6-9,14-15,17-21,23-25H,2,5,10-13,16H2,1H3,(H,26,27)/b4-3-,8-6-,9-7-,15-14+/t17-,18+,19-,20+,21-/m0/s1. The van der Waals surface area contributed by atoms with Crippen molar-refractivity contribution >= 4 is 5.97 Å². The molecule has 0 aliphatic carbocycles. The van der Waals surface area contributed by atoms with Gasteiger partial charge in [0.25, 0.3) is 0 Å².